The molecule has 0 unspecified atom stereocenters. The predicted octanol–water partition coefficient (Wildman–Crippen LogP) is 3.43. The number of sulfone groups is 1. The fourth-order valence-corrected chi connectivity index (χ4v) is 4.83. The number of carboxylic acids is 2. The maximum absolute atomic E-state index is 12.9. The molecule has 0 atom stereocenters. The van der Waals surface area contributed by atoms with Crippen LogP contribution in [0, 0.1) is 0 Å². The van der Waals surface area contributed by atoms with Gasteiger partial charge in [-0.2, -0.15) is 13.2 Å². The molecule has 0 fully saturated rings. The van der Waals surface area contributed by atoms with Gasteiger partial charge in [0.2, 0.25) is 9.84 Å². The first kappa shape index (κ1) is 25.0. The highest BCUT2D eigenvalue weighted by Crippen LogP contribution is 2.30. The molecule has 0 saturated heterocycles. The van der Waals surface area contributed by atoms with Crippen molar-refractivity contribution in [1.29, 1.82) is 0 Å². The van der Waals surface area contributed by atoms with E-state index in [0.29, 0.717) is 10.6 Å². The number of carboxylic acid groups (broad SMARTS) is 2. The molecule has 3 rings (SSSR count). The first-order chi connectivity index (χ1) is 14.9. The molecular formula is C19H15F3N2O6S2. The van der Waals surface area contributed by atoms with E-state index in [1.807, 2.05) is 6.07 Å². The Labute approximate surface area is 183 Å². The Morgan fingerprint density at radius 2 is 1.62 bits per heavy atom. The number of halogens is 3. The number of aromatic nitrogens is 1. The normalized spacial score (nSPS) is 11.4. The van der Waals surface area contributed by atoms with Crippen molar-refractivity contribution in [2.45, 2.75) is 21.8 Å². The van der Waals surface area contributed by atoms with Crippen molar-refractivity contribution in [2.24, 2.45) is 5.73 Å². The van der Waals surface area contributed by atoms with Crippen LogP contribution in [0.4, 0.5) is 13.2 Å². The molecule has 32 heavy (non-hydrogen) atoms. The van der Waals surface area contributed by atoms with Crippen LogP contribution in [-0.2, 0) is 21.2 Å². The molecule has 8 nitrogen and oxygen atoms in total. The fraction of sp³-hybridized carbons (Fsp3) is 0.105. The van der Waals surface area contributed by atoms with E-state index in [1.54, 1.807) is 24.3 Å². The summed E-state index contributed by atoms with van der Waals surface area (Å²) in [6.07, 6.45) is -3.84. The fourth-order valence-electron chi connectivity index (χ4n) is 2.30. The minimum absolute atomic E-state index is 0.0366. The third-order valence-electron chi connectivity index (χ3n) is 3.79. The van der Waals surface area contributed by atoms with Gasteiger partial charge in [-0.3, -0.25) is 0 Å². The standard InChI is InChI=1S/C17H14N2O4S2.C2HF3O2/c18-9-15-19-10-16(24-15)25(22,23)14-7-12(6-13(8-14)17(20)21)11-4-2-1-3-5-11;3-2(4,5)1(6)7/h1-8,10H,9,18H2,(H,20,21);(H,6,7). The van der Waals surface area contributed by atoms with Crippen LogP contribution < -0.4 is 5.73 Å². The van der Waals surface area contributed by atoms with Gasteiger partial charge >= 0.3 is 18.1 Å². The second-order valence-corrected chi connectivity index (χ2v) is 9.29. The summed E-state index contributed by atoms with van der Waals surface area (Å²) in [6, 6.07) is 13.1. The largest absolute Gasteiger partial charge is 0.490 e. The van der Waals surface area contributed by atoms with Crippen molar-refractivity contribution in [3.05, 3.63) is 65.3 Å². The van der Waals surface area contributed by atoms with Crippen LogP contribution in [0.1, 0.15) is 15.4 Å². The lowest BCUT2D eigenvalue weighted by Crippen LogP contribution is -2.21. The average Bonchev–Trinajstić information content (AvgIpc) is 3.24. The quantitative estimate of drug-likeness (QED) is 0.495. The lowest BCUT2D eigenvalue weighted by molar-refractivity contribution is -0.192. The number of nitrogens with zero attached hydrogens (tertiary/aromatic N) is 1. The summed E-state index contributed by atoms with van der Waals surface area (Å²) in [4.78, 5) is 24.2. The number of hydrogen-bond donors (Lipinski definition) is 3. The molecule has 4 N–H and O–H groups in total. The van der Waals surface area contributed by atoms with Gasteiger partial charge in [0.15, 0.2) is 0 Å². The maximum Gasteiger partial charge on any atom is 0.490 e. The number of benzene rings is 2. The molecular weight excluding hydrogens is 473 g/mol. The molecule has 1 heterocycles. The number of aromatic carboxylic acids is 1. The topological polar surface area (TPSA) is 148 Å². The first-order valence-corrected chi connectivity index (χ1v) is 10.8. The van der Waals surface area contributed by atoms with E-state index in [0.717, 1.165) is 23.0 Å². The number of rotatable bonds is 5. The van der Waals surface area contributed by atoms with Crippen molar-refractivity contribution in [1.82, 2.24) is 4.98 Å². The lowest BCUT2D eigenvalue weighted by Gasteiger charge is -2.08. The molecule has 2 aromatic carbocycles. The van der Waals surface area contributed by atoms with Gasteiger partial charge in [-0.25, -0.2) is 23.0 Å². The van der Waals surface area contributed by atoms with E-state index in [2.05, 4.69) is 4.98 Å². The number of carbonyl (C=O) groups is 2. The van der Waals surface area contributed by atoms with Gasteiger partial charge in [0.25, 0.3) is 0 Å². The number of nitrogens with two attached hydrogens (primary N) is 1. The van der Waals surface area contributed by atoms with E-state index < -0.39 is 28.0 Å². The summed E-state index contributed by atoms with van der Waals surface area (Å²) in [5.74, 6) is -3.95. The molecule has 0 bridgehead atoms. The first-order valence-electron chi connectivity index (χ1n) is 8.50. The van der Waals surface area contributed by atoms with Gasteiger partial charge in [-0.1, -0.05) is 30.3 Å². The van der Waals surface area contributed by atoms with Gasteiger partial charge in [0, 0.05) is 6.54 Å². The number of thiazole rings is 1. The van der Waals surface area contributed by atoms with Crippen LogP contribution in [0.25, 0.3) is 11.1 Å². The third kappa shape index (κ3) is 6.12. The molecule has 3 aromatic rings. The maximum atomic E-state index is 12.9. The average molecular weight is 488 g/mol. The molecule has 1 aromatic heterocycles. The van der Waals surface area contributed by atoms with Crippen LogP contribution in [0.2, 0.25) is 0 Å². The van der Waals surface area contributed by atoms with Crippen molar-refractivity contribution in [3.63, 3.8) is 0 Å². The van der Waals surface area contributed by atoms with Crippen molar-refractivity contribution < 1.29 is 41.4 Å². The van der Waals surface area contributed by atoms with Gasteiger partial charge in [-0.05, 0) is 29.3 Å². The summed E-state index contributed by atoms with van der Waals surface area (Å²) in [5, 5.41) is 17.0. The van der Waals surface area contributed by atoms with Crippen molar-refractivity contribution in [3.8, 4) is 11.1 Å². The summed E-state index contributed by atoms with van der Waals surface area (Å²) in [7, 11) is -3.88. The molecule has 0 aliphatic carbocycles. The minimum atomic E-state index is -5.08. The van der Waals surface area contributed by atoms with E-state index in [1.165, 1.54) is 18.3 Å². The molecule has 0 aliphatic heterocycles. The summed E-state index contributed by atoms with van der Waals surface area (Å²) < 4.78 is 57.5. The zero-order valence-corrected chi connectivity index (χ0v) is 17.5. The monoisotopic (exact) mass is 488 g/mol. The zero-order chi connectivity index (χ0) is 24.1. The van der Waals surface area contributed by atoms with Gasteiger partial charge < -0.3 is 15.9 Å². The van der Waals surface area contributed by atoms with Gasteiger partial charge in [0.05, 0.1) is 16.7 Å². The van der Waals surface area contributed by atoms with Crippen molar-refractivity contribution in [2.75, 3.05) is 0 Å². The van der Waals surface area contributed by atoms with Crippen LogP contribution in [0.5, 0.6) is 0 Å². The predicted molar refractivity (Wildman–Crippen MR) is 108 cm³/mol. The van der Waals surface area contributed by atoms with Crippen LogP contribution in [0.15, 0.2) is 63.8 Å². The SMILES string of the molecule is NCc1ncc(S(=O)(=O)c2cc(C(=O)O)cc(-c3ccccc3)c2)s1.O=C(O)C(F)(F)F. The Hall–Kier alpha value is -3.29. The summed E-state index contributed by atoms with van der Waals surface area (Å²) >= 11 is 0.979. The van der Waals surface area contributed by atoms with Gasteiger partial charge in [0.1, 0.15) is 9.22 Å². The second-order valence-electron chi connectivity index (χ2n) is 6.00. The van der Waals surface area contributed by atoms with Crippen LogP contribution in [0.3, 0.4) is 0 Å². The highest BCUT2D eigenvalue weighted by molar-refractivity contribution is 7.93. The molecule has 0 amide bonds. The molecule has 0 aliphatic rings. The Balaban J connectivity index is 0.000000451. The van der Waals surface area contributed by atoms with Crippen LogP contribution in [-0.4, -0.2) is 41.7 Å². The van der Waals surface area contributed by atoms with Gasteiger partial charge in [-0.15, -0.1) is 11.3 Å². The molecule has 0 saturated carbocycles. The Morgan fingerprint density at radius 3 is 2.09 bits per heavy atom. The highest BCUT2D eigenvalue weighted by atomic mass is 32.2. The van der Waals surface area contributed by atoms with Crippen molar-refractivity contribution >= 4 is 33.1 Å². The summed E-state index contributed by atoms with van der Waals surface area (Å²) in [5.41, 5.74) is 6.64. The number of hydrogen-bond acceptors (Lipinski definition) is 7. The van der Waals surface area contributed by atoms with E-state index >= 15 is 0 Å². The summed E-state index contributed by atoms with van der Waals surface area (Å²) in [6.45, 7) is 0.143. The Morgan fingerprint density at radius 1 is 1.03 bits per heavy atom. The Kier molecular flexibility index (Phi) is 7.72. The lowest BCUT2D eigenvalue weighted by atomic mass is 10.0. The zero-order valence-electron chi connectivity index (χ0n) is 15.9. The molecule has 13 heteroatoms. The molecule has 0 radical (unpaired) electrons. The molecule has 0 spiro atoms. The van der Waals surface area contributed by atoms with Crippen LogP contribution >= 0.6 is 11.3 Å². The van der Waals surface area contributed by atoms with E-state index in [4.69, 9.17) is 15.6 Å². The number of aliphatic carboxylic acids is 1. The highest BCUT2D eigenvalue weighted by Gasteiger charge is 2.38. The minimum Gasteiger partial charge on any atom is -0.478 e. The number of alkyl halides is 3. The van der Waals surface area contributed by atoms with E-state index in [9.17, 15) is 31.5 Å². The van der Waals surface area contributed by atoms with E-state index in [-0.39, 0.29) is 21.2 Å². The third-order valence-corrected chi connectivity index (χ3v) is 7.00. The Bertz CT molecular complexity index is 1230. The second kappa shape index (κ2) is 9.89. The smallest absolute Gasteiger partial charge is 0.478 e. The molecule has 170 valence electrons.